The van der Waals surface area contributed by atoms with Crippen molar-refractivity contribution in [2.45, 2.75) is 44.8 Å². The summed E-state index contributed by atoms with van der Waals surface area (Å²) in [5.41, 5.74) is -0.706. The van der Waals surface area contributed by atoms with Crippen molar-refractivity contribution in [2.24, 2.45) is 0 Å². The fourth-order valence-corrected chi connectivity index (χ4v) is 2.24. The van der Waals surface area contributed by atoms with Crippen LogP contribution in [0.5, 0.6) is 0 Å². The molecule has 1 aliphatic carbocycles. The number of carbonyl (C=O) groups is 2. The minimum Gasteiger partial charge on any atom is -0.444 e. The third kappa shape index (κ3) is 3.20. The van der Waals surface area contributed by atoms with E-state index < -0.39 is 29.4 Å². The van der Waals surface area contributed by atoms with Crippen molar-refractivity contribution in [1.82, 2.24) is 5.32 Å². The minimum atomic E-state index is -3.60. The number of alkyl halides is 2. The minimum absolute atomic E-state index is 0.0316. The summed E-state index contributed by atoms with van der Waals surface area (Å²) in [7, 11) is 0. The highest BCUT2D eigenvalue weighted by Crippen LogP contribution is 2.37. The van der Waals surface area contributed by atoms with Gasteiger partial charge in [-0.2, -0.15) is 8.78 Å². The van der Waals surface area contributed by atoms with Gasteiger partial charge in [-0.15, -0.1) is 0 Å². The lowest BCUT2D eigenvalue weighted by atomic mass is 9.84. The van der Waals surface area contributed by atoms with E-state index in [4.69, 9.17) is 4.74 Å². The third-order valence-corrected chi connectivity index (χ3v) is 3.10. The molecule has 1 aliphatic rings. The molecule has 1 amide bonds. The van der Waals surface area contributed by atoms with Gasteiger partial charge in [0.25, 0.3) is 0 Å². The summed E-state index contributed by atoms with van der Waals surface area (Å²) in [5.74, 6) is -4.92. The topological polar surface area (TPSA) is 55.4 Å². The number of halogens is 2. The highest BCUT2D eigenvalue weighted by atomic mass is 19.3. The van der Waals surface area contributed by atoms with Crippen LogP contribution in [0.25, 0.3) is 0 Å². The number of amides is 1. The van der Waals surface area contributed by atoms with Crippen molar-refractivity contribution < 1.29 is 23.1 Å². The first-order valence-corrected chi connectivity index (χ1v) is 6.61. The van der Waals surface area contributed by atoms with E-state index in [2.05, 4.69) is 5.32 Å². The smallest absolute Gasteiger partial charge is 0.408 e. The van der Waals surface area contributed by atoms with Gasteiger partial charge in [-0.05, 0) is 26.3 Å². The molecule has 0 saturated heterocycles. The van der Waals surface area contributed by atoms with Gasteiger partial charge in [-0.3, -0.25) is 4.79 Å². The van der Waals surface area contributed by atoms with Crippen LogP contribution in [0.4, 0.5) is 13.6 Å². The maximum atomic E-state index is 14.1. The molecule has 0 saturated carbocycles. The fourth-order valence-electron chi connectivity index (χ4n) is 2.24. The third-order valence-electron chi connectivity index (χ3n) is 3.10. The number of hydrogen-bond donors (Lipinski definition) is 1. The second kappa shape index (κ2) is 5.09. The van der Waals surface area contributed by atoms with Crippen LogP contribution in [-0.4, -0.2) is 23.5 Å². The first-order valence-electron chi connectivity index (χ1n) is 6.61. The number of carbonyl (C=O) groups excluding carboxylic acids is 2. The molecule has 0 bridgehead atoms. The largest absolute Gasteiger partial charge is 0.444 e. The number of fused-ring (bicyclic) bond motifs is 1. The van der Waals surface area contributed by atoms with Gasteiger partial charge in [0.05, 0.1) is 0 Å². The van der Waals surface area contributed by atoms with E-state index in [0.29, 0.717) is 5.56 Å². The molecule has 0 aliphatic heterocycles. The Morgan fingerprint density at radius 1 is 1.33 bits per heavy atom. The van der Waals surface area contributed by atoms with E-state index >= 15 is 0 Å². The maximum Gasteiger partial charge on any atom is 0.408 e. The first kappa shape index (κ1) is 15.4. The van der Waals surface area contributed by atoms with E-state index in [9.17, 15) is 18.4 Å². The number of ether oxygens (including phenoxy) is 1. The zero-order valence-electron chi connectivity index (χ0n) is 12.1. The van der Waals surface area contributed by atoms with Crippen LogP contribution in [0.1, 0.15) is 31.9 Å². The van der Waals surface area contributed by atoms with Crippen LogP contribution >= 0.6 is 0 Å². The molecule has 1 aromatic rings. The van der Waals surface area contributed by atoms with Gasteiger partial charge >= 0.3 is 12.0 Å². The SMILES string of the molecule is CC(C)(C)OC(=O)NC1Cc2ccccc2C(F)(F)C1=O. The molecule has 114 valence electrons. The monoisotopic (exact) mass is 297 g/mol. The van der Waals surface area contributed by atoms with Crippen LogP contribution in [0.15, 0.2) is 24.3 Å². The number of benzene rings is 1. The lowest BCUT2D eigenvalue weighted by Gasteiger charge is -2.31. The number of hydrogen-bond acceptors (Lipinski definition) is 3. The lowest BCUT2D eigenvalue weighted by molar-refractivity contribution is -0.148. The van der Waals surface area contributed by atoms with Crippen molar-refractivity contribution in [3.63, 3.8) is 0 Å². The van der Waals surface area contributed by atoms with Crippen LogP contribution in [0, 0.1) is 0 Å². The Morgan fingerprint density at radius 3 is 2.57 bits per heavy atom. The van der Waals surface area contributed by atoms with Crippen molar-refractivity contribution in [1.29, 1.82) is 0 Å². The highest BCUT2D eigenvalue weighted by molar-refractivity contribution is 5.95. The number of rotatable bonds is 1. The molecule has 0 fully saturated rings. The number of nitrogens with one attached hydrogen (secondary N) is 1. The molecule has 1 N–H and O–H groups in total. The zero-order chi connectivity index (χ0) is 15.8. The van der Waals surface area contributed by atoms with Gasteiger partial charge < -0.3 is 10.1 Å². The Labute approximate surface area is 121 Å². The van der Waals surface area contributed by atoms with E-state index in [1.165, 1.54) is 18.2 Å². The van der Waals surface area contributed by atoms with E-state index in [1.807, 2.05) is 0 Å². The molecular weight excluding hydrogens is 280 g/mol. The summed E-state index contributed by atoms with van der Waals surface area (Å²) in [6.45, 7) is 4.96. The van der Waals surface area contributed by atoms with Crippen molar-refractivity contribution in [3.8, 4) is 0 Å². The Morgan fingerprint density at radius 2 is 1.95 bits per heavy atom. The normalized spacial score (nSPS) is 20.6. The Bertz CT molecular complexity index is 579. The van der Waals surface area contributed by atoms with Crippen molar-refractivity contribution in [3.05, 3.63) is 35.4 Å². The molecule has 2 rings (SSSR count). The Balaban J connectivity index is 2.21. The summed E-state index contributed by atoms with van der Waals surface area (Å²) in [6, 6.07) is 4.55. The first-order chi connectivity index (χ1) is 9.61. The highest BCUT2D eigenvalue weighted by Gasteiger charge is 2.50. The number of ketones is 1. The molecule has 1 atom stereocenters. The van der Waals surface area contributed by atoms with Gasteiger partial charge in [-0.25, -0.2) is 4.79 Å². The van der Waals surface area contributed by atoms with E-state index in [-0.39, 0.29) is 12.0 Å². The summed E-state index contributed by atoms with van der Waals surface area (Å²) < 4.78 is 33.2. The van der Waals surface area contributed by atoms with Gasteiger partial charge in [0.2, 0.25) is 5.78 Å². The standard InChI is InChI=1S/C15H17F2NO3/c1-14(2,3)21-13(20)18-11-8-9-6-4-5-7-10(9)15(16,17)12(11)19/h4-7,11H,8H2,1-3H3,(H,18,20). The van der Waals surface area contributed by atoms with Crippen LogP contribution < -0.4 is 5.32 Å². The summed E-state index contributed by atoms with van der Waals surface area (Å²) in [5, 5.41) is 2.23. The average Bonchev–Trinajstić information content (AvgIpc) is 2.34. The molecule has 6 heteroatoms. The molecule has 1 aromatic carbocycles. The van der Waals surface area contributed by atoms with E-state index in [1.54, 1.807) is 26.8 Å². The summed E-state index contributed by atoms with van der Waals surface area (Å²) >= 11 is 0. The molecular formula is C15H17F2NO3. The van der Waals surface area contributed by atoms with E-state index in [0.717, 1.165) is 0 Å². The number of alkyl carbamates (subject to hydrolysis) is 1. The van der Waals surface area contributed by atoms with Gasteiger partial charge in [0, 0.05) is 12.0 Å². The maximum absolute atomic E-state index is 14.1. The van der Waals surface area contributed by atoms with Gasteiger partial charge in [-0.1, -0.05) is 24.3 Å². The average molecular weight is 297 g/mol. The molecule has 0 spiro atoms. The predicted octanol–water partition coefficient (Wildman–Crippen LogP) is 2.80. The van der Waals surface area contributed by atoms with Crippen LogP contribution in [0.3, 0.4) is 0 Å². The molecule has 0 heterocycles. The Hall–Kier alpha value is -1.98. The predicted molar refractivity (Wildman–Crippen MR) is 72.2 cm³/mol. The zero-order valence-corrected chi connectivity index (χ0v) is 12.1. The molecule has 21 heavy (non-hydrogen) atoms. The quantitative estimate of drug-likeness (QED) is 0.867. The second-order valence-corrected chi connectivity index (χ2v) is 6.00. The van der Waals surface area contributed by atoms with Crippen molar-refractivity contribution >= 4 is 11.9 Å². The second-order valence-electron chi connectivity index (χ2n) is 6.00. The molecule has 4 nitrogen and oxygen atoms in total. The number of Topliss-reactive ketones (excluding diaryl/α,β-unsaturated/α-hetero) is 1. The molecule has 0 radical (unpaired) electrons. The van der Waals surface area contributed by atoms with Gasteiger partial charge in [0.1, 0.15) is 11.6 Å². The summed E-state index contributed by atoms with van der Waals surface area (Å²) in [4.78, 5) is 23.6. The Kier molecular flexibility index (Phi) is 3.74. The lowest BCUT2D eigenvalue weighted by Crippen LogP contribution is -2.52. The molecule has 1 unspecified atom stereocenters. The molecule has 0 aromatic heterocycles. The van der Waals surface area contributed by atoms with Crippen LogP contribution in [0.2, 0.25) is 0 Å². The van der Waals surface area contributed by atoms with Crippen LogP contribution in [-0.2, 0) is 21.9 Å². The summed E-state index contributed by atoms with van der Waals surface area (Å²) in [6.07, 6.45) is -0.847. The van der Waals surface area contributed by atoms with Gasteiger partial charge in [0.15, 0.2) is 0 Å². The van der Waals surface area contributed by atoms with Crippen molar-refractivity contribution in [2.75, 3.05) is 0 Å². The fraction of sp³-hybridized carbons (Fsp3) is 0.467.